The van der Waals surface area contributed by atoms with E-state index in [1.807, 2.05) is 6.92 Å². The predicted octanol–water partition coefficient (Wildman–Crippen LogP) is 2.74. The van der Waals surface area contributed by atoms with Crippen molar-refractivity contribution in [3.63, 3.8) is 0 Å². The van der Waals surface area contributed by atoms with Crippen LogP contribution >= 0.6 is 11.6 Å². The van der Waals surface area contributed by atoms with Crippen LogP contribution < -0.4 is 0 Å². The summed E-state index contributed by atoms with van der Waals surface area (Å²) in [7, 11) is 0. The number of carbonyl (C=O) groups is 1. The quantitative estimate of drug-likeness (QED) is 0.460. The normalized spacial score (nSPS) is 45.9. The molecule has 0 radical (unpaired) electrons. The van der Waals surface area contributed by atoms with Crippen LogP contribution in [0.4, 0.5) is 0 Å². The van der Waals surface area contributed by atoms with E-state index >= 15 is 0 Å². The maximum atomic E-state index is 11.3. The van der Waals surface area contributed by atoms with E-state index in [1.165, 1.54) is 0 Å². The largest absolute Gasteiger partial charge is 0.459 e. The number of esters is 1. The van der Waals surface area contributed by atoms with Gasteiger partial charge in [0.05, 0.1) is 6.42 Å². The summed E-state index contributed by atoms with van der Waals surface area (Å²) >= 11 is 6.32. The van der Waals surface area contributed by atoms with Gasteiger partial charge in [-0.3, -0.25) is 4.79 Å². The van der Waals surface area contributed by atoms with Crippen molar-refractivity contribution in [1.82, 2.24) is 0 Å². The molecule has 0 spiro atoms. The molecule has 0 unspecified atom stereocenters. The fourth-order valence-electron chi connectivity index (χ4n) is 3.03. The highest BCUT2D eigenvalue weighted by Crippen LogP contribution is 2.54. The molecule has 2 nitrogen and oxygen atoms in total. The molecule has 2 fully saturated rings. The highest BCUT2D eigenvalue weighted by Gasteiger charge is 2.57. The van der Waals surface area contributed by atoms with Crippen molar-refractivity contribution in [2.45, 2.75) is 51.0 Å². The Balaban J connectivity index is 2.33. The third-order valence-corrected chi connectivity index (χ3v) is 4.84. The van der Waals surface area contributed by atoms with Gasteiger partial charge >= 0.3 is 5.97 Å². The van der Waals surface area contributed by atoms with Crippen LogP contribution in [-0.4, -0.2) is 16.9 Å². The van der Waals surface area contributed by atoms with E-state index in [9.17, 15) is 4.79 Å². The molecule has 3 atom stereocenters. The number of hydrogen-bond donors (Lipinski definition) is 0. The molecule has 0 aromatic heterocycles. The highest BCUT2D eigenvalue weighted by molar-refractivity contribution is 6.21. The lowest BCUT2D eigenvalue weighted by Crippen LogP contribution is -2.49. The van der Waals surface area contributed by atoms with Gasteiger partial charge in [0.15, 0.2) is 0 Å². The van der Waals surface area contributed by atoms with Crippen molar-refractivity contribution in [2.24, 2.45) is 11.3 Å². The van der Waals surface area contributed by atoms with Crippen LogP contribution in [0.25, 0.3) is 0 Å². The zero-order valence-corrected chi connectivity index (χ0v) is 9.73. The summed E-state index contributed by atoms with van der Waals surface area (Å²) in [5.41, 5.74) is -0.257. The summed E-state index contributed by atoms with van der Waals surface area (Å²) in [6.07, 6.45) is 2.38. The average Bonchev–Trinajstić information content (AvgIpc) is 2.37. The van der Waals surface area contributed by atoms with Gasteiger partial charge in [0.1, 0.15) is 5.60 Å². The molecule has 0 bridgehead atoms. The van der Waals surface area contributed by atoms with Gasteiger partial charge in [0.2, 0.25) is 0 Å². The zero-order chi connectivity index (χ0) is 10.6. The molecule has 0 amide bonds. The summed E-state index contributed by atoms with van der Waals surface area (Å²) in [4.78, 5) is 11.3. The van der Waals surface area contributed by atoms with Gasteiger partial charge in [-0.05, 0) is 25.2 Å². The highest BCUT2D eigenvalue weighted by atomic mass is 35.5. The second kappa shape index (κ2) is 2.88. The van der Waals surface area contributed by atoms with E-state index in [1.54, 1.807) is 0 Å². The van der Waals surface area contributed by atoms with Crippen molar-refractivity contribution in [2.75, 3.05) is 0 Å². The Hall–Kier alpha value is -0.240. The molecular weight excluding hydrogens is 200 g/mol. The number of fused-ring (bicyclic) bond motifs is 1. The maximum Gasteiger partial charge on any atom is 0.306 e. The van der Waals surface area contributed by atoms with Gasteiger partial charge in [0, 0.05) is 11.3 Å². The number of carbonyl (C=O) groups excluding carboxylic acids is 1. The van der Waals surface area contributed by atoms with Gasteiger partial charge in [-0.1, -0.05) is 13.8 Å². The molecule has 0 aromatic rings. The van der Waals surface area contributed by atoms with Crippen LogP contribution in [0.2, 0.25) is 0 Å². The molecule has 80 valence electrons. The summed E-state index contributed by atoms with van der Waals surface area (Å²) in [6, 6.07) is 0. The minimum absolute atomic E-state index is 0.000710. The second-order valence-electron chi connectivity index (χ2n) is 5.37. The first-order valence-corrected chi connectivity index (χ1v) is 5.66. The molecule has 0 aromatic carbocycles. The molecule has 2 rings (SSSR count). The van der Waals surface area contributed by atoms with E-state index in [2.05, 4.69) is 13.8 Å². The lowest BCUT2D eigenvalue weighted by Gasteiger charge is -2.47. The molecule has 2 aliphatic rings. The van der Waals surface area contributed by atoms with E-state index in [0.29, 0.717) is 6.42 Å². The van der Waals surface area contributed by atoms with Gasteiger partial charge in [-0.15, -0.1) is 11.6 Å². The summed E-state index contributed by atoms with van der Waals surface area (Å²) in [5, 5.41) is 0.162. The Bertz CT molecular complexity index is 274. The molecule has 14 heavy (non-hydrogen) atoms. The van der Waals surface area contributed by atoms with Crippen molar-refractivity contribution >= 4 is 17.6 Å². The van der Waals surface area contributed by atoms with Crippen LogP contribution in [0, 0.1) is 11.3 Å². The van der Waals surface area contributed by atoms with Crippen LogP contribution in [0.5, 0.6) is 0 Å². The number of ether oxygens (including phenoxy) is 1. The first-order chi connectivity index (χ1) is 6.36. The zero-order valence-electron chi connectivity index (χ0n) is 8.97. The summed E-state index contributed by atoms with van der Waals surface area (Å²) in [5.74, 6) is 0.218. The third kappa shape index (κ3) is 1.27. The minimum atomic E-state index is -0.258. The van der Waals surface area contributed by atoms with Crippen molar-refractivity contribution in [3.8, 4) is 0 Å². The van der Waals surface area contributed by atoms with Crippen LogP contribution in [-0.2, 0) is 9.53 Å². The number of halogens is 1. The van der Waals surface area contributed by atoms with Gasteiger partial charge in [0.25, 0.3) is 0 Å². The SMILES string of the molecule is CC1(C)[C@H](Cl)CC[C@@]2(C)OC(=O)C[C@H]12. The number of rotatable bonds is 0. The van der Waals surface area contributed by atoms with Crippen molar-refractivity contribution in [1.29, 1.82) is 0 Å². The lowest BCUT2D eigenvalue weighted by molar-refractivity contribution is -0.151. The lowest BCUT2D eigenvalue weighted by atomic mass is 9.61. The molecular formula is C11H17ClO2. The molecule has 1 aliphatic heterocycles. The van der Waals surface area contributed by atoms with Crippen molar-refractivity contribution < 1.29 is 9.53 Å². The molecule has 0 N–H and O–H groups in total. The fraction of sp³-hybridized carbons (Fsp3) is 0.909. The third-order valence-electron chi connectivity index (χ3n) is 4.05. The Kier molecular flexibility index (Phi) is 2.11. The van der Waals surface area contributed by atoms with Gasteiger partial charge in [-0.25, -0.2) is 0 Å². The average molecular weight is 217 g/mol. The molecule has 1 saturated heterocycles. The first kappa shape index (κ1) is 10.3. The topological polar surface area (TPSA) is 26.3 Å². The van der Waals surface area contributed by atoms with E-state index in [4.69, 9.17) is 16.3 Å². The van der Waals surface area contributed by atoms with Gasteiger partial charge in [-0.2, -0.15) is 0 Å². The number of alkyl halides is 1. The molecule has 1 heterocycles. The Morgan fingerprint density at radius 1 is 1.43 bits per heavy atom. The molecule has 3 heteroatoms. The minimum Gasteiger partial charge on any atom is -0.459 e. The summed E-state index contributed by atoms with van der Waals surface area (Å²) in [6.45, 7) is 6.34. The predicted molar refractivity (Wildman–Crippen MR) is 55.3 cm³/mol. The van der Waals surface area contributed by atoms with Crippen LogP contribution in [0.1, 0.15) is 40.0 Å². The van der Waals surface area contributed by atoms with Crippen molar-refractivity contribution in [3.05, 3.63) is 0 Å². The monoisotopic (exact) mass is 216 g/mol. The van der Waals surface area contributed by atoms with Crippen LogP contribution in [0.3, 0.4) is 0 Å². The van der Waals surface area contributed by atoms with E-state index in [-0.39, 0.29) is 28.3 Å². The number of hydrogen-bond acceptors (Lipinski definition) is 2. The Morgan fingerprint density at radius 2 is 2.07 bits per heavy atom. The first-order valence-electron chi connectivity index (χ1n) is 5.22. The van der Waals surface area contributed by atoms with Gasteiger partial charge < -0.3 is 4.74 Å². The Morgan fingerprint density at radius 3 is 2.71 bits per heavy atom. The smallest absolute Gasteiger partial charge is 0.306 e. The molecule has 1 aliphatic carbocycles. The second-order valence-corrected chi connectivity index (χ2v) is 5.90. The molecule has 1 saturated carbocycles. The summed E-state index contributed by atoms with van der Waals surface area (Å²) < 4.78 is 5.44. The standard InChI is InChI=1S/C11H17ClO2/c1-10(2)7-6-9(13)14-11(7,3)5-4-8(10)12/h7-8H,4-6H2,1-3H3/t7-,8-,11-/m1/s1. The maximum absolute atomic E-state index is 11.3. The van der Waals surface area contributed by atoms with E-state index in [0.717, 1.165) is 12.8 Å². The Labute approximate surface area is 90.0 Å². The fourth-order valence-corrected chi connectivity index (χ4v) is 3.30. The van der Waals surface area contributed by atoms with Crippen LogP contribution in [0.15, 0.2) is 0 Å². The van der Waals surface area contributed by atoms with E-state index < -0.39 is 0 Å².